The van der Waals surface area contributed by atoms with Crippen molar-refractivity contribution in [2.24, 2.45) is 16.1 Å². The van der Waals surface area contributed by atoms with Crippen LogP contribution in [0.3, 0.4) is 0 Å². The fraction of sp³-hybridized carbons (Fsp3) is 0.647. The van der Waals surface area contributed by atoms with E-state index in [-0.39, 0.29) is 11.6 Å². The van der Waals surface area contributed by atoms with E-state index >= 15 is 0 Å². The van der Waals surface area contributed by atoms with Crippen molar-refractivity contribution in [1.29, 1.82) is 0 Å². The van der Waals surface area contributed by atoms with Crippen LogP contribution in [0.15, 0.2) is 10.2 Å². The molecule has 1 N–H and O–H groups in total. The number of nitrogens with zero attached hydrogens (tertiary/aromatic N) is 3. The summed E-state index contributed by atoms with van der Waals surface area (Å²) in [7, 11) is 0. The van der Waals surface area contributed by atoms with Crippen molar-refractivity contribution in [3.8, 4) is 12.3 Å². The summed E-state index contributed by atoms with van der Waals surface area (Å²) in [4.78, 5) is 18.1. The van der Waals surface area contributed by atoms with E-state index in [1.54, 1.807) is 11.3 Å². The molecule has 0 saturated heterocycles. The molecule has 5 nitrogen and oxygen atoms in total. The zero-order valence-corrected chi connectivity index (χ0v) is 14.3. The van der Waals surface area contributed by atoms with Crippen LogP contribution in [-0.4, -0.2) is 16.6 Å². The fourth-order valence-corrected chi connectivity index (χ4v) is 4.13. The molecule has 2 heterocycles. The highest BCUT2D eigenvalue weighted by atomic mass is 32.1. The Morgan fingerprint density at radius 2 is 2.30 bits per heavy atom. The Labute approximate surface area is 141 Å². The minimum absolute atomic E-state index is 0.0314. The minimum atomic E-state index is -0.375. The van der Waals surface area contributed by atoms with Gasteiger partial charge in [0.25, 0.3) is 0 Å². The normalized spacial score (nSPS) is 20.6. The summed E-state index contributed by atoms with van der Waals surface area (Å²) >= 11 is 1.74. The average molecular weight is 330 g/mol. The molecule has 0 bridgehead atoms. The number of hydrogen-bond acceptors (Lipinski definition) is 5. The molecule has 0 spiro atoms. The maximum Gasteiger partial charge on any atom is 0.220 e. The molecule has 0 aromatic carbocycles. The molecule has 1 unspecified atom stereocenters. The van der Waals surface area contributed by atoms with Crippen molar-refractivity contribution >= 4 is 17.2 Å². The predicted octanol–water partition coefficient (Wildman–Crippen LogP) is 3.24. The maximum absolute atomic E-state index is 12.0. The zero-order chi connectivity index (χ0) is 16.3. The van der Waals surface area contributed by atoms with Gasteiger partial charge in [0, 0.05) is 30.6 Å². The number of amides is 1. The van der Waals surface area contributed by atoms with Crippen LogP contribution >= 0.6 is 11.3 Å². The summed E-state index contributed by atoms with van der Waals surface area (Å²) < 4.78 is 0. The van der Waals surface area contributed by atoms with Crippen molar-refractivity contribution in [2.45, 2.75) is 64.1 Å². The predicted molar refractivity (Wildman–Crippen MR) is 90.0 cm³/mol. The first-order valence-corrected chi connectivity index (χ1v) is 9.03. The number of carbonyl (C=O) groups excluding carboxylic acids is 1. The standard InChI is InChI=1S/C17H22N4OS/c1-3-4-8-17(20-21-17)9-7-15(22)18-11-16-19-13-6-5-12(2)10-14(13)23-16/h1,12H,4-11H2,2H3,(H,18,22). The molecule has 1 aromatic heterocycles. The molecule has 1 atom stereocenters. The van der Waals surface area contributed by atoms with Crippen molar-refractivity contribution in [3.05, 3.63) is 15.6 Å². The Morgan fingerprint density at radius 1 is 1.48 bits per heavy atom. The molecule has 0 fully saturated rings. The van der Waals surface area contributed by atoms with Crippen molar-refractivity contribution in [2.75, 3.05) is 0 Å². The molecule has 1 aromatic rings. The first-order chi connectivity index (χ1) is 11.1. The minimum Gasteiger partial charge on any atom is -0.350 e. The van der Waals surface area contributed by atoms with Crippen molar-refractivity contribution in [3.63, 3.8) is 0 Å². The SMILES string of the molecule is C#CCCC1(CCC(=O)NCc2nc3c(s2)CC(C)CC3)N=N1. The van der Waals surface area contributed by atoms with E-state index in [1.165, 1.54) is 17.0 Å². The number of aryl methyl sites for hydroxylation is 1. The summed E-state index contributed by atoms with van der Waals surface area (Å²) in [6.45, 7) is 2.81. The Kier molecular flexibility index (Phi) is 4.76. The monoisotopic (exact) mass is 330 g/mol. The summed E-state index contributed by atoms with van der Waals surface area (Å²) in [6, 6.07) is 0. The van der Waals surface area contributed by atoms with Gasteiger partial charge in [0.2, 0.25) is 5.91 Å². The molecular formula is C17H22N4OS. The van der Waals surface area contributed by atoms with Crippen molar-refractivity contribution in [1.82, 2.24) is 10.3 Å². The Hall–Kier alpha value is -1.74. The van der Waals surface area contributed by atoms with Gasteiger partial charge in [-0.1, -0.05) is 6.92 Å². The van der Waals surface area contributed by atoms with Gasteiger partial charge < -0.3 is 5.32 Å². The van der Waals surface area contributed by atoms with Crippen LogP contribution in [0.25, 0.3) is 0 Å². The number of aromatic nitrogens is 1. The molecule has 0 saturated carbocycles. The quantitative estimate of drug-likeness (QED) is 0.780. The molecule has 2 aliphatic rings. The third-order valence-electron chi connectivity index (χ3n) is 4.47. The van der Waals surface area contributed by atoms with Gasteiger partial charge in [-0.15, -0.1) is 23.7 Å². The number of nitrogens with one attached hydrogen (secondary N) is 1. The van der Waals surface area contributed by atoms with Crippen LogP contribution in [0.1, 0.15) is 54.6 Å². The van der Waals surface area contributed by atoms with E-state index in [0.29, 0.717) is 25.8 Å². The van der Waals surface area contributed by atoms with Gasteiger partial charge in [-0.3, -0.25) is 4.79 Å². The third kappa shape index (κ3) is 4.17. The van der Waals surface area contributed by atoms with Gasteiger partial charge in [0.1, 0.15) is 5.01 Å². The smallest absolute Gasteiger partial charge is 0.220 e. The lowest BCUT2D eigenvalue weighted by Crippen LogP contribution is -2.24. The van der Waals surface area contributed by atoms with Crippen LogP contribution in [0.4, 0.5) is 0 Å². The van der Waals surface area contributed by atoms with Crippen LogP contribution in [-0.2, 0) is 24.2 Å². The largest absolute Gasteiger partial charge is 0.350 e. The van der Waals surface area contributed by atoms with Gasteiger partial charge in [-0.05, 0) is 25.2 Å². The molecule has 23 heavy (non-hydrogen) atoms. The Bertz CT molecular complexity index is 652. The lowest BCUT2D eigenvalue weighted by Gasteiger charge is -2.15. The van der Waals surface area contributed by atoms with E-state index in [1.807, 2.05) is 0 Å². The maximum atomic E-state index is 12.0. The van der Waals surface area contributed by atoms with E-state index < -0.39 is 0 Å². The number of hydrogen-bond donors (Lipinski definition) is 1. The Balaban J connectivity index is 1.42. The summed E-state index contributed by atoms with van der Waals surface area (Å²) in [5.74, 6) is 3.37. The molecular weight excluding hydrogens is 308 g/mol. The van der Waals surface area contributed by atoms with Gasteiger partial charge >= 0.3 is 0 Å². The fourth-order valence-electron chi connectivity index (χ4n) is 2.91. The van der Waals surface area contributed by atoms with Crippen molar-refractivity contribution < 1.29 is 4.79 Å². The first-order valence-electron chi connectivity index (χ1n) is 8.22. The lowest BCUT2D eigenvalue weighted by molar-refractivity contribution is -0.121. The van der Waals surface area contributed by atoms with Crippen LogP contribution in [0.2, 0.25) is 0 Å². The zero-order valence-electron chi connectivity index (χ0n) is 13.5. The highest BCUT2D eigenvalue weighted by Gasteiger charge is 2.39. The molecule has 1 aliphatic carbocycles. The summed E-state index contributed by atoms with van der Waals surface area (Å²) in [5, 5.41) is 12.1. The van der Waals surface area contributed by atoms with E-state index in [4.69, 9.17) is 6.42 Å². The number of carbonyl (C=O) groups is 1. The first kappa shape index (κ1) is 16.1. The lowest BCUT2D eigenvalue weighted by atomic mass is 9.93. The average Bonchev–Trinajstić information content (AvgIpc) is 3.20. The summed E-state index contributed by atoms with van der Waals surface area (Å²) in [6.07, 6.45) is 11.1. The second-order valence-electron chi connectivity index (χ2n) is 6.49. The van der Waals surface area contributed by atoms with Gasteiger partial charge in [-0.2, -0.15) is 10.2 Å². The molecule has 3 rings (SSSR count). The van der Waals surface area contributed by atoms with E-state index in [0.717, 1.165) is 30.2 Å². The van der Waals surface area contributed by atoms with Crippen LogP contribution in [0, 0.1) is 18.3 Å². The van der Waals surface area contributed by atoms with Crippen LogP contribution < -0.4 is 5.32 Å². The molecule has 122 valence electrons. The second-order valence-corrected chi connectivity index (χ2v) is 7.66. The van der Waals surface area contributed by atoms with Gasteiger partial charge in [-0.25, -0.2) is 4.98 Å². The number of terminal acetylenes is 1. The second kappa shape index (κ2) is 6.79. The molecule has 0 radical (unpaired) electrons. The molecule has 6 heteroatoms. The number of thiazole rings is 1. The number of rotatable bonds is 7. The van der Waals surface area contributed by atoms with Crippen LogP contribution in [0.5, 0.6) is 0 Å². The molecule has 1 aliphatic heterocycles. The topological polar surface area (TPSA) is 66.7 Å². The number of fused-ring (bicyclic) bond motifs is 1. The highest BCUT2D eigenvalue weighted by Crippen LogP contribution is 2.37. The highest BCUT2D eigenvalue weighted by molar-refractivity contribution is 7.11. The third-order valence-corrected chi connectivity index (χ3v) is 5.59. The summed E-state index contributed by atoms with van der Waals surface area (Å²) in [5.41, 5.74) is 0.862. The van der Waals surface area contributed by atoms with E-state index in [9.17, 15) is 4.79 Å². The van der Waals surface area contributed by atoms with Gasteiger partial charge in [0.15, 0.2) is 5.66 Å². The Morgan fingerprint density at radius 3 is 3.04 bits per heavy atom. The van der Waals surface area contributed by atoms with E-state index in [2.05, 4.69) is 33.4 Å². The molecule has 1 amide bonds. The van der Waals surface area contributed by atoms with Gasteiger partial charge in [0.05, 0.1) is 12.2 Å².